The first-order valence-corrected chi connectivity index (χ1v) is 16.8. The molecule has 2 amide bonds. The fourth-order valence-corrected chi connectivity index (χ4v) is 7.31. The van der Waals surface area contributed by atoms with Gasteiger partial charge in [0.1, 0.15) is 35.5 Å². The molecule has 3 N–H and O–H groups in total. The molecule has 2 aromatic heterocycles. The molecular formula is C34H42BrN7O6. The number of nitrogens with one attached hydrogen (secondary N) is 1. The monoisotopic (exact) mass is 723 g/mol. The molecule has 3 aliphatic rings. The first-order chi connectivity index (χ1) is 23.0. The molecule has 0 spiro atoms. The number of rotatable bonds is 12. The number of aliphatic hydroxyl groups is 2. The Balaban J connectivity index is 1.30. The third-order valence-electron chi connectivity index (χ3n) is 9.61. The van der Waals surface area contributed by atoms with Crippen molar-refractivity contribution >= 4 is 55.9 Å². The van der Waals surface area contributed by atoms with E-state index in [2.05, 4.69) is 31.2 Å². The van der Waals surface area contributed by atoms with Crippen LogP contribution in [0.15, 0.2) is 40.1 Å². The first kappa shape index (κ1) is 34.2. The number of aromatic nitrogens is 3. The fraction of sp³-hybridized carbons (Fsp3) is 0.500. The van der Waals surface area contributed by atoms with Crippen LogP contribution in [0.4, 0.5) is 5.82 Å². The van der Waals surface area contributed by atoms with Gasteiger partial charge in [-0.3, -0.25) is 14.3 Å². The Morgan fingerprint density at radius 1 is 1.19 bits per heavy atom. The first-order valence-electron chi connectivity index (χ1n) is 16.1. The molecule has 0 bridgehead atoms. The minimum absolute atomic E-state index is 0.103. The lowest BCUT2D eigenvalue weighted by atomic mass is 9.98. The molecule has 48 heavy (non-hydrogen) atoms. The van der Waals surface area contributed by atoms with Crippen LogP contribution in [-0.2, 0) is 25.6 Å². The van der Waals surface area contributed by atoms with E-state index in [9.17, 15) is 19.8 Å². The van der Waals surface area contributed by atoms with E-state index in [-0.39, 0.29) is 36.4 Å². The SMILES string of the molecule is COCCOC[C@@]12C[C@@H](C(=O)Nc3nc(Br)ccc3C)N(C(=O)Cn3nc(C(C)O)c4cc(C5=CN=C(CO)N(C)C5)cc(C)c43)[C@@H]1C2. The van der Waals surface area contributed by atoms with Crippen molar-refractivity contribution in [2.24, 2.45) is 10.4 Å². The second kappa shape index (κ2) is 13.7. The van der Waals surface area contributed by atoms with E-state index in [1.54, 1.807) is 29.8 Å². The number of likely N-dealkylation sites (N-methyl/N-ethyl adjacent to an activating group) is 1. The Labute approximate surface area is 287 Å². The number of anilines is 1. The number of piperidine rings is 1. The molecule has 3 aromatic rings. The number of ether oxygens (including phenoxy) is 2. The largest absolute Gasteiger partial charge is 0.388 e. The van der Waals surface area contributed by atoms with Gasteiger partial charge in [-0.2, -0.15) is 5.10 Å². The van der Waals surface area contributed by atoms with E-state index in [0.717, 1.165) is 39.6 Å². The lowest BCUT2D eigenvalue weighted by Crippen LogP contribution is -2.47. The van der Waals surface area contributed by atoms with Crippen LogP contribution in [0.2, 0.25) is 0 Å². The highest BCUT2D eigenvalue weighted by Crippen LogP contribution is 2.60. The summed E-state index contributed by atoms with van der Waals surface area (Å²) in [7, 11) is 3.50. The van der Waals surface area contributed by atoms with Gasteiger partial charge in [0.15, 0.2) is 0 Å². The number of amidine groups is 1. The highest BCUT2D eigenvalue weighted by molar-refractivity contribution is 9.10. The Morgan fingerprint density at radius 3 is 2.69 bits per heavy atom. The zero-order valence-electron chi connectivity index (χ0n) is 27.9. The summed E-state index contributed by atoms with van der Waals surface area (Å²) >= 11 is 3.38. The van der Waals surface area contributed by atoms with Crippen LogP contribution < -0.4 is 5.32 Å². The van der Waals surface area contributed by atoms with Crippen LogP contribution in [0.25, 0.3) is 16.5 Å². The molecule has 1 aliphatic carbocycles. The number of aliphatic imine (C=N–C) groups is 1. The summed E-state index contributed by atoms with van der Waals surface area (Å²) in [5.41, 5.74) is 4.46. The normalized spacial score (nSPS) is 22.4. The quantitative estimate of drug-likeness (QED) is 0.189. The second-order valence-corrected chi connectivity index (χ2v) is 13.9. The van der Waals surface area contributed by atoms with Gasteiger partial charge in [-0.05, 0) is 90.0 Å². The number of carbonyl (C=O) groups is 2. The summed E-state index contributed by atoms with van der Waals surface area (Å²) in [6.45, 7) is 7.12. The molecule has 14 heteroatoms. The molecule has 0 radical (unpaired) electrons. The second-order valence-electron chi connectivity index (χ2n) is 13.1. The summed E-state index contributed by atoms with van der Waals surface area (Å²) in [5, 5.41) is 28.8. The van der Waals surface area contributed by atoms with Crippen molar-refractivity contribution in [2.75, 3.05) is 52.4 Å². The Bertz CT molecular complexity index is 1810. The maximum Gasteiger partial charge on any atom is 0.248 e. The molecule has 2 aliphatic heterocycles. The Kier molecular flexibility index (Phi) is 9.73. The van der Waals surface area contributed by atoms with Crippen LogP contribution in [-0.4, -0.2) is 112 Å². The number of methoxy groups -OCH3 is 1. The van der Waals surface area contributed by atoms with Gasteiger partial charge in [0.05, 0.1) is 37.1 Å². The number of carbonyl (C=O) groups excluding carboxylic acids is 2. The van der Waals surface area contributed by atoms with Gasteiger partial charge in [-0.25, -0.2) is 9.98 Å². The number of benzene rings is 1. The number of hydrogen-bond donors (Lipinski definition) is 3. The maximum absolute atomic E-state index is 14.3. The number of pyridine rings is 1. The van der Waals surface area contributed by atoms with E-state index in [0.29, 0.717) is 54.7 Å². The molecule has 256 valence electrons. The van der Waals surface area contributed by atoms with E-state index in [1.807, 2.05) is 50.1 Å². The summed E-state index contributed by atoms with van der Waals surface area (Å²) in [6.07, 6.45) is 2.09. The Morgan fingerprint density at radius 2 is 1.98 bits per heavy atom. The Hall–Kier alpha value is -3.69. The maximum atomic E-state index is 14.3. The van der Waals surface area contributed by atoms with Gasteiger partial charge >= 0.3 is 0 Å². The molecule has 13 nitrogen and oxygen atoms in total. The number of amides is 2. The van der Waals surface area contributed by atoms with Gasteiger partial charge in [0.2, 0.25) is 11.8 Å². The third kappa shape index (κ3) is 6.51. The highest BCUT2D eigenvalue weighted by atomic mass is 79.9. The highest BCUT2D eigenvalue weighted by Gasteiger charge is 2.67. The number of aryl methyl sites for hydroxylation is 2. The minimum atomic E-state index is -0.882. The molecule has 1 saturated carbocycles. The summed E-state index contributed by atoms with van der Waals surface area (Å²) < 4.78 is 13.3. The number of nitrogens with zero attached hydrogens (tertiary/aromatic N) is 6. The van der Waals surface area contributed by atoms with E-state index >= 15 is 0 Å². The number of aliphatic hydroxyl groups excluding tert-OH is 2. The van der Waals surface area contributed by atoms with Crippen molar-refractivity contribution in [3.8, 4) is 0 Å². The summed E-state index contributed by atoms with van der Waals surface area (Å²) in [4.78, 5) is 40.6. The predicted octanol–water partition coefficient (Wildman–Crippen LogP) is 3.20. The average molecular weight is 725 g/mol. The zero-order chi connectivity index (χ0) is 34.3. The van der Waals surface area contributed by atoms with Crippen molar-refractivity contribution in [3.63, 3.8) is 0 Å². The van der Waals surface area contributed by atoms with Gasteiger partial charge in [-0.1, -0.05) is 6.07 Å². The van der Waals surface area contributed by atoms with Gasteiger partial charge in [-0.15, -0.1) is 0 Å². The number of hydrogen-bond acceptors (Lipinski definition) is 10. The van der Waals surface area contributed by atoms with Crippen LogP contribution in [0.5, 0.6) is 0 Å². The van der Waals surface area contributed by atoms with E-state index in [1.165, 1.54) is 0 Å². The van der Waals surface area contributed by atoms with Gasteiger partial charge in [0.25, 0.3) is 0 Å². The molecule has 6 rings (SSSR count). The smallest absolute Gasteiger partial charge is 0.248 e. The number of likely N-dealkylation sites (tertiary alicyclic amines) is 1. The molecule has 1 aromatic carbocycles. The van der Waals surface area contributed by atoms with Crippen molar-refractivity contribution in [3.05, 3.63) is 57.5 Å². The average Bonchev–Trinajstić information content (AvgIpc) is 3.45. The van der Waals surface area contributed by atoms with Crippen LogP contribution in [0.1, 0.15) is 48.3 Å². The zero-order valence-corrected chi connectivity index (χ0v) is 29.5. The topological polar surface area (TPSA) is 155 Å². The standard InChI is InChI=1S/C34H42BrN7O6/c1-19-6-7-27(35)37-32(19)38-33(46)25-12-34(18-48-9-8-47-5)13-26(34)42(25)29(45)16-41-31-20(2)10-22(11-24(31)30(39-41)21(3)44)23-14-36-28(17-43)40(4)15-23/h6-7,10-11,14,21,25-26,43-44H,8-9,12-13,15-18H2,1-5H3,(H,37,38,46)/t21?,25-,26+,34-/m0/s1. The van der Waals surface area contributed by atoms with Crippen molar-refractivity contribution in [1.29, 1.82) is 0 Å². The van der Waals surface area contributed by atoms with Crippen LogP contribution in [0, 0.1) is 19.3 Å². The summed E-state index contributed by atoms with van der Waals surface area (Å²) in [5.74, 6) is 0.499. The molecule has 1 unspecified atom stereocenters. The van der Waals surface area contributed by atoms with E-state index in [4.69, 9.17) is 14.6 Å². The van der Waals surface area contributed by atoms with Crippen molar-refractivity contribution < 1.29 is 29.3 Å². The van der Waals surface area contributed by atoms with Gasteiger partial charge < -0.3 is 34.8 Å². The van der Waals surface area contributed by atoms with Crippen molar-refractivity contribution in [2.45, 2.75) is 58.3 Å². The number of halogens is 1. The molecule has 2 fully saturated rings. The van der Waals surface area contributed by atoms with Crippen LogP contribution >= 0.6 is 15.9 Å². The van der Waals surface area contributed by atoms with Crippen molar-refractivity contribution in [1.82, 2.24) is 24.6 Å². The molecule has 4 heterocycles. The van der Waals surface area contributed by atoms with E-state index < -0.39 is 12.1 Å². The molecular weight excluding hydrogens is 682 g/mol. The minimum Gasteiger partial charge on any atom is -0.388 e. The predicted molar refractivity (Wildman–Crippen MR) is 184 cm³/mol. The molecule has 1 saturated heterocycles. The van der Waals surface area contributed by atoms with Gasteiger partial charge in [0, 0.05) is 43.7 Å². The molecule has 4 atom stereocenters. The van der Waals surface area contributed by atoms with Crippen LogP contribution in [0.3, 0.4) is 0 Å². The third-order valence-corrected chi connectivity index (χ3v) is 10.0. The summed E-state index contributed by atoms with van der Waals surface area (Å²) in [6, 6.07) is 6.81. The lowest BCUT2D eigenvalue weighted by Gasteiger charge is -2.27. The fourth-order valence-electron chi connectivity index (χ4n) is 7.00. The number of fused-ring (bicyclic) bond motifs is 2. The lowest BCUT2D eigenvalue weighted by molar-refractivity contribution is -0.138.